The maximum atomic E-state index is 5.74. The van der Waals surface area contributed by atoms with Gasteiger partial charge in [0.1, 0.15) is 0 Å². The van der Waals surface area contributed by atoms with Gasteiger partial charge in [0.15, 0.2) is 0 Å². The van der Waals surface area contributed by atoms with Gasteiger partial charge in [-0.3, -0.25) is 0 Å². The number of nitrogens with two attached hydrogens (primary N) is 1. The van der Waals surface area contributed by atoms with Crippen molar-refractivity contribution in [3.8, 4) is 0 Å². The van der Waals surface area contributed by atoms with E-state index in [0.29, 0.717) is 6.04 Å². The molecule has 1 atom stereocenters. The first kappa shape index (κ1) is 13.0. The fraction of sp³-hybridized carbons (Fsp3) is 0.200. The fourth-order valence-corrected chi connectivity index (χ4v) is 2.45. The van der Waals surface area contributed by atoms with Crippen LogP contribution in [0, 0.1) is 0 Å². The van der Waals surface area contributed by atoms with Gasteiger partial charge in [0.2, 0.25) is 0 Å². The summed E-state index contributed by atoms with van der Waals surface area (Å²) in [5.74, 6) is 0. The molecule has 0 radical (unpaired) electrons. The van der Waals surface area contributed by atoms with E-state index < -0.39 is 0 Å². The van der Waals surface area contributed by atoms with Gasteiger partial charge in [0.05, 0.1) is 6.04 Å². The third-order valence-electron chi connectivity index (χ3n) is 2.93. The van der Waals surface area contributed by atoms with E-state index in [9.17, 15) is 0 Å². The molecule has 18 heavy (non-hydrogen) atoms. The molecular weight excluding hydrogens is 288 g/mol. The molecule has 2 rings (SSSR count). The third kappa shape index (κ3) is 3.05. The average molecular weight is 305 g/mol. The van der Waals surface area contributed by atoms with E-state index in [1.54, 1.807) is 0 Å². The molecule has 0 aliphatic carbocycles. The van der Waals surface area contributed by atoms with Crippen LogP contribution in [-0.4, -0.2) is 0 Å². The van der Waals surface area contributed by atoms with Crippen molar-refractivity contribution in [1.29, 1.82) is 0 Å². The summed E-state index contributed by atoms with van der Waals surface area (Å²) in [4.78, 5) is 0. The molecule has 0 aliphatic heterocycles. The molecular formula is C15H17BrN2. The largest absolute Gasteiger partial charge is 0.399 e. The Morgan fingerprint density at radius 2 is 1.89 bits per heavy atom. The van der Waals surface area contributed by atoms with Gasteiger partial charge in [0.25, 0.3) is 0 Å². The zero-order valence-corrected chi connectivity index (χ0v) is 11.9. The molecule has 0 spiro atoms. The summed E-state index contributed by atoms with van der Waals surface area (Å²) in [6.07, 6.45) is 1.03. The van der Waals surface area contributed by atoms with Crippen molar-refractivity contribution in [2.24, 2.45) is 0 Å². The van der Waals surface area contributed by atoms with Crippen LogP contribution in [0.1, 0.15) is 24.9 Å². The van der Waals surface area contributed by atoms with Crippen molar-refractivity contribution < 1.29 is 0 Å². The monoisotopic (exact) mass is 304 g/mol. The van der Waals surface area contributed by atoms with E-state index in [0.717, 1.165) is 22.3 Å². The van der Waals surface area contributed by atoms with E-state index >= 15 is 0 Å². The second kappa shape index (κ2) is 5.91. The van der Waals surface area contributed by atoms with Gasteiger partial charge in [-0.05, 0) is 46.1 Å². The van der Waals surface area contributed by atoms with E-state index in [4.69, 9.17) is 5.73 Å². The summed E-state index contributed by atoms with van der Waals surface area (Å²) in [6, 6.07) is 16.6. The van der Waals surface area contributed by atoms with Crippen molar-refractivity contribution >= 4 is 27.3 Å². The highest BCUT2D eigenvalue weighted by atomic mass is 79.9. The topological polar surface area (TPSA) is 38.0 Å². The molecule has 94 valence electrons. The van der Waals surface area contributed by atoms with Crippen LogP contribution in [0.5, 0.6) is 0 Å². The highest BCUT2D eigenvalue weighted by molar-refractivity contribution is 9.10. The Kier molecular flexibility index (Phi) is 4.26. The third-order valence-corrected chi connectivity index (χ3v) is 3.59. The molecule has 0 aliphatic rings. The molecule has 2 nitrogen and oxygen atoms in total. The Balaban J connectivity index is 2.21. The summed E-state index contributed by atoms with van der Waals surface area (Å²) in [5.41, 5.74) is 8.87. The first-order valence-electron chi connectivity index (χ1n) is 6.07. The average Bonchev–Trinajstić information content (AvgIpc) is 2.39. The lowest BCUT2D eigenvalue weighted by molar-refractivity contribution is 0.749. The number of benzene rings is 2. The van der Waals surface area contributed by atoms with Gasteiger partial charge in [-0.15, -0.1) is 0 Å². The molecule has 2 aromatic rings. The molecule has 3 N–H and O–H groups in total. The van der Waals surface area contributed by atoms with Crippen molar-refractivity contribution in [3.63, 3.8) is 0 Å². The van der Waals surface area contributed by atoms with Gasteiger partial charge in [-0.1, -0.05) is 37.3 Å². The predicted molar refractivity (Wildman–Crippen MR) is 81.7 cm³/mol. The van der Waals surface area contributed by atoms with Gasteiger partial charge >= 0.3 is 0 Å². The molecule has 3 heteroatoms. The molecule has 0 heterocycles. The summed E-state index contributed by atoms with van der Waals surface area (Å²) in [7, 11) is 0. The molecule has 2 aromatic carbocycles. The highest BCUT2D eigenvalue weighted by Crippen LogP contribution is 2.29. The van der Waals surface area contributed by atoms with E-state index in [1.165, 1.54) is 5.56 Å². The molecule has 0 fully saturated rings. The minimum absolute atomic E-state index is 0.311. The Morgan fingerprint density at radius 1 is 1.17 bits per heavy atom. The smallest absolute Gasteiger partial charge is 0.0511 e. The van der Waals surface area contributed by atoms with Crippen LogP contribution in [0.15, 0.2) is 53.0 Å². The zero-order valence-electron chi connectivity index (χ0n) is 10.4. The normalized spacial score (nSPS) is 12.1. The summed E-state index contributed by atoms with van der Waals surface area (Å²) < 4.78 is 0.997. The van der Waals surface area contributed by atoms with Gasteiger partial charge < -0.3 is 11.1 Å². The Labute approximate surface area is 116 Å². The number of hydrogen-bond donors (Lipinski definition) is 2. The number of rotatable bonds is 4. The minimum Gasteiger partial charge on any atom is -0.399 e. The number of nitrogens with one attached hydrogen (secondary N) is 1. The predicted octanol–water partition coefficient (Wildman–Crippen LogP) is 4.59. The van der Waals surface area contributed by atoms with Crippen molar-refractivity contribution in [2.75, 3.05) is 11.1 Å². The molecule has 0 bridgehead atoms. The van der Waals surface area contributed by atoms with Crippen LogP contribution in [0.2, 0.25) is 0 Å². The molecule has 1 unspecified atom stereocenters. The number of hydrogen-bond acceptors (Lipinski definition) is 2. The summed E-state index contributed by atoms with van der Waals surface area (Å²) >= 11 is 3.53. The van der Waals surface area contributed by atoms with Crippen molar-refractivity contribution in [3.05, 3.63) is 58.6 Å². The van der Waals surface area contributed by atoms with Crippen LogP contribution in [0.25, 0.3) is 0 Å². The number of anilines is 2. The lowest BCUT2D eigenvalue weighted by Crippen LogP contribution is -2.10. The van der Waals surface area contributed by atoms with Crippen LogP contribution >= 0.6 is 15.9 Å². The molecule has 0 aromatic heterocycles. The first-order chi connectivity index (χ1) is 8.70. The summed E-state index contributed by atoms with van der Waals surface area (Å²) in [5, 5.41) is 3.54. The highest BCUT2D eigenvalue weighted by Gasteiger charge is 2.10. The van der Waals surface area contributed by atoms with Crippen LogP contribution in [0.3, 0.4) is 0 Å². The minimum atomic E-state index is 0.311. The second-order valence-corrected chi connectivity index (χ2v) is 5.11. The molecule has 0 saturated carbocycles. The van der Waals surface area contributed by atoms with E-state index in [-0.39, 0.29) is 0 Å². The standard InChI is InChI=1S/C15H17BrN2/c1-2-14(11-6-4-3-5-7-11)18-15-9-8-12(17)10-13(15)16/h3-10,14,18H,2,17H2,1H3. The Bertz CT molecular complexity index is 511. The van der Waals surface area contributed by atoms with Crippen LogP contribution < -0.4 is 11.1 Å². The lowest BCUT2D eigenvalue weighted by atomic mass is 10.0. The lowest BCUT2D eigenvalue weighted by Gasteiger charge is -2.20. The molecule has 0 amide bonds. The van der Waals surface area contributed by atoms with E-state index in [1.807, 2.05) is 24.3 Å². The SMILES string of the molecule is CCC(Nc1ccc(N)cc1Br)c1ccccc1. The zero-order chi connectivity index (χ0) is 13.0. The maximum absolute atomic E-state index is 5.74. The summed E-state index contributed by atoms with van der Waals surface area (Å²) in [6.45, 7) is 2.18. The second-order valence-electron chi connectivity index (χ2n) is 4.26. The number of nitrogen functional groups attached to an aromatic ring is 1. The van der Waals surface area contributed by atoms with Gasteiger partial charge in [-0.2, -0.15) is 0 Å². The fourth-order valence-electron chi connectivity index (χ4n) is 1.94. The van der Waals surface area contributed by atoms with Gasteiger partial charge in [-0.25, -0.2) is 0 Å². The number of halogens is 1. The van der Waals surface area contributed by atoms with Crippen LogP contribution in [0.4, 0.5) is 11.4 Å². The quantitative estimate of drug-likeness (QED) is 0.811. The van der Waals surface area contributed by atoms with Crippen molar-refractivity contribution in [1.82, 2.24) is 0 Å². The van der Waals surface area contributed by atoms with E-state index in [2.05, 4.69) is 52.4 Å². The molecule has 0 saturated heterocycles. The Morgan fingerprint density at radius 3 is 2.50 bits per heavy atom. The van der Waals surface area contributed by atoms with Gasteiger partial charge in [0, 0.05) is 15.8 Å². The van der Waals surface area contributed by atoms with Crippen LogP contribution in [-0.2, 0) is 0 Å². The first-order valence-corrected chi connectivity index (χ1v) is 6.86. The maximum Gasteiger partial charge on any atom is 0.0511 e. The van der Waals surface area contributed by atoms with Crippen molar-refractivity contribution in [2.45, 2.75) is 19.4 Å². The Hall–Kier alpha value is -1.48.